The second-order valence-electron chi connectivity index (χ2n) is 3.88. The minimum absolute atomic E-state index is 0.0737. The fourth-order valence-electron chi connectivity index (χ4n) is 1.12. The fraction of sp³-hybridized carbons (Fsp3) is 0.333. The normalized spacial score (nSPS) is 10.0. The molecule has 0 fully saturated rings. The molecule has 1 rings (SSSR count). The molecule has 0 spiro atoms. The summed E-state index contributed by atoms with van der Waals surface area (Å²) in [7, 11) is 0. The third-order valence-corrected chi connectivity index (χ3v) is 2.07. The van der Waals surface area contributed by atoms with Crippen molar-refractivity contribution in [1.82, 2.24) is 10.3 Å². The lowest BCUT2D eigenvalue weighted by atomic mass is 10.4. The molecule has 18 heavy (non-hydrogen) atoms. The number of halogens is 1. The highest BCUT2D eigenvalue weighted by Gasteiger charge is 2.03. The predicted octanol–water partition coefficient (Wildman–Crippen LogP) is 2.90. The van der Waals surface area contributed by atoms with Gasteiger partial charge in [0.25, 0.3) is 0 Å². The number of aromatic nitrogens is 1. The highest BCUT2D eigenvalue weighted by Crippen LogP contribution is 2.12. The Kier molecular flexibility index (Phi) is 5.64. The molecule has 0 bridgehead atoms. The molecular formula is C12H16BrN3O2. The molecule has 1 aromatic heterocycles. The molecule has 0 radical (unpaired) electrons. The molecule has 1 aromatic rings. The van der Waals surface area contributed by atoms with Crippen LogP contribution in [-0.4, -0.2) is 23.7 Å². The summed E-state index contributed by atoms with van der Waals surface area (Å²) in [6, 6.07) is 3.13. The number of anilines is 1. The van der Waals surface area contributed by atoms with Crippen molar-refractivity contribution in [2.45, 2.75) is 20.0 Å². The van der Waals surface area contributed by atoms with Crippen molar-refractivity contribution in [3.05, 3.63) is 29.4 Å². The zero-order chi connectivity index (χ0) is 13.5. The van der Waals surface area contributed by atoms with Gasteiger partial charge in [0, 0.05) is 10.5 Å². The van der Waals surface area contributed by atoms with E-state index in [1.54, 1.807) is 18.3 Å². The summed E-state index contributed by atoms with van der Waals surface area (Å²) in [6.07, 6.45) is 1.62. The number of carbonyl (C=O) groups is 1. The first-order chi connectivity index (χ1) is 8.47. The summed E-state index contributed by atoms with van der Waals surface area (Å²) in [5, 5.41) is 5.27. The number of amides is 2. The molecule has 2 amide bonds. The molecule has 0 aliphatic rings. The van der Waals surface area contributed by atoms with Gasteiger partial charge in [-0.25, -0.2) is 9.78 Å². The molecule has 2 N–H and O–H groups in total. The summed E-state index contributed by atoms with van der Waals surface area (Å²) in [6.45, 7) is 7.84. The van der Waals surface area contributed by atoms with Crippen LogP contribution in [0.2, 0.25) is 0 Å². The highest BCUT2D eigenvalue weighted by atomic mass is 79.9. The van der Waals surface area contributed by atoms with E-state index in [4.69, 9.17) is 4.74 Å². The van der Waals surface area contributed by atoms with Crippen LogP contribution in [0, 0.1) is 0 Å². The molecule has 0 unspecified atom stereocenters. The highest BCUT2D eigenvalue weighted by molar-refractivity contribution is 9.11. The van der Waals surface area contributed by atoms with Gasteiger partial charge in [-0.1, -0.05) is 22.5 Å². The van der Waals surface area contributed by atoms with Gasteiger partial charge in [-0.05, 0) is 19.9 Å². The van der Waals surface area contributed by atoms with Crippen LogP contribution in [0.1, 0.15) is 13.8 Å². The first kappa shape index (κ1) is 14.5. The fourth-order valence-corrected chi connectivity index (χ4v) is 1.26. The number of nitrogens with one attached hydrogen (secondary N) is 2. The van der Waals surface area contributed by atoms with E-state index in [-0.39, 0.29) is 12.1 Å². The van der Waals surface area contributed by atoms with Crippen LogP contribution in [0.4, 0.5) is 10.5 Å². The smallest absolute Gasteiger partial charge is 0.319 e. The Morgan fingerprint density at radius 2 is 2.28 bits per heavy atom. The lowest BCUT2D eigenvalue weighted by molar-refractivity contribution is 0.232. The quantitative estimate of drug-likeness (QED) is 0.878. The minimum atomic E-state index is -0.310. The van der Waals surface area contributed by atoms with E-state index < -0.39 is 0 Å². The van der Waals surface area contributed by atoms with Gasteiger partial charge in [0.1, 0.15) is 0 Å². The Balaban J connectivity index is 2.48. The molecule has 0 aromatic carbocycles. The van der Waals surface area contributed by atoms with Gasteiger partial charge in [-0.3, -0.25) is 0 Å². The van der Waals surface area contributed by atoms with Gasteiger partial charge in [0.15, 0.2) is 0 Å². The van der Waals surface area contributed by atoms with Crippen LogP contribution in [0.25, 0.3) is 0 Å². The second kappa shape index (κ2) is 7.00. The van der Waals surface area contributed by atoms with E-state index in [1.165, 1.54) is 0 Å². The van der Waals surface area contributed by atoms with Crippen LogP contribution >= 0.6 is 15.9 Å². The topological polar surface area (TPSA) is 63.2 Å². The third kappa shape index (κ3) is 5.67. The minimum Gasteiger partial charge on any atom is -0.475 e. The number of nitrogens with zero attached hydrogens (tertiary/aromatic N) is 1. The molecule has 0 saturated carbocycles. The van der Waals surface area contributed by atoms with Crippen LogP contribution < -0.4 is 15.4 Å². The number of ether oxygens (including phenoxy) is 1. The molecule has 5 nitrogen and oxygen atoms in total. The zero-order valence-electron chi connectivity index (χ0n) is 10.4. The van der Waals surface area contributed by atoms with E-state index in [9.17, 15) is 4.79 Å². The van der Waals surface area contributed by atoms with Gasteiger partial charge >= 0.3 is 6.03 Å². The summed E-state index contributed by atoms with van der Waals surface area (Å²) >= 11 is 3.15. The average molecular weight is 314 g/mol. The molecule has 1 heterocycles. The summed E-state index contributed by atoms with van der Waals surface area (Å²) in [4.78, 5) is 15.5. The molecule has 0 aliphatic carbocycles. The number of hydrogen-bond acceptors (Lipinski definition) is 3. The SMILES string of the molecule is C=C(Br)CNC(=O)Nc1ccc(OC(C)C)nc1. The second-order valence-corrected chi connectivity index (χ2v) is 5.00. The van der Waals surface area contributed by atoms with E-state index in [2.05, 4.69) is 38.1 Å². The van der Waals surface area contributed by atoms with Gasteiger partial charge in [0.2, 0.25) is 5.88 Å². The van der Waals surface area contributed by atoms with E-state index in [0.29, 0.717) is 22.6 Å². The van der Waals surface area contributed by atoms with Gasteiger partial charge in [0.05, 0.1) is 24.5 Å². The Morgan fingerprint density at radius 3 is 2.78 bits per heavy atom. The van der Waals surface area contributed by atoms with Crippen LogP contribution in [0.5, 0.6) is 5.88 Å². The van der Waals surface area contributed by atoms with Gasteiger partial charge in [-0.2, -0.15) is 0 Å². The summed E-state index contributed by atoms with van der Waals surface area (Å²) < 4.78 is 6.10. The average Bonchev–Trinajstić information content (AvgIpc) is 2.28. The van der Waals surface area contributed by atoms with Crippen LogP contribution in [-0.2, 0) is 0 Å². The zero-order valence-corrected chi connectivity index (χ0v) is 12.0. The maximum absolute atomic E-state index is 11.4. The van der Waals surface area contributed by atoms with Gasteiger partial charge in [-0.15, -0.1) is 0 Å². The van der Waals surface area contributed by atoms with Crippen molar-refractivity contribution in [2.75, 3.05) is 11.9 Å². The number of urea groups is 1. The molecular weight excluding hydrogens is 298 g/mol. The van der Waals surface area contributed by atoms with Crippen molar-refractivity contribution in [1.29, 1.82) is 0 Å². The molecule has 98 valence electrons. The van der Waals surface area contributed by atoms with Crippen molar-refractivity contribution in [2.24, 2.45) is 0 Å². The first-order valence-electron chi connectivity index (χ1n) is 5.48. The van der Waals surface area contributed by atoms with E-state index in [0.717, 1.165) is 0 Å². The molecule has 6 heteroatoms. The predicted molar refractivity (Wildman–Crippen MR) is 75.1 cm³/mol. The van der Waals surface area contributed by atoms with Crippen molar-refractivity contribution < 1.29 is 9.53 Å². The Bertz CT molecular complexity index is 418. The van der Waals surface area contributed by atoms with Crippen molar-refractivity contribution in [3.8, 4) is 5.88 Å². The summed E-state index contributed by atoms with van der Waals surface area (Å²) in [5.74, 6) is 0.532. The Morgan fingerprint density at radius 1 is 1.56 bits per heavy atom. The third-order valence-electron chi connectivity index (χ3n) is 1.79. The Hall–Kier alpha value is -1.56. The first-order valence-corrected chi connectivity index (χ1v) is 6.27. The molecule has 0 saturated heterocycles. The number of pyridine rings is 1. The lowest BCUT2D eigenvalue weighted by Crippen LogP contribution is -2.29. The Labute approximate surface area is 115 Å². The van der Waals surface area contributed by atoms with Crippen molar-refractivity contribution >= 4 is 27.6 Å². The maximum Gasteiger partial charge on any atom is 0.319 e. The largest absolute Gasteiger partial charge is 0.475 e. The number of carbonyl (C=O) groups excluding carboxylic acids is 1. The maximum atomic E-state index is 11.4. The van der Waals surface area contributed by atoms with E-state index in [1.807, 2.05) is 13.8 Å². The standard InChI is InChI=1S/C12H16BrN3O2/c1-8(2)18-11-5-4-10(7-14-11)16-12(17)15-6-9(3)13/h4-5,7-8H,3,6H2,1-2H3,(H2,15,16,17). The monoisotopic (exact) mass is 313 g/mol. The van der Waals surface area contributed by atoms with Gasteiger partial charge < -0.3 is 15.4 Å². The van der Waals surface area contributed by atoms with E-state index >= 15 is 0 Å². The van der Waals surface area contributed by atoms with Crippen LogP contribution in [0.3, 0.4) is 0 Å². The summed E-state index contributed by atoms with van der Waals surface area (Å²) in [5.41, 5.74) is 0.601. The lowest BCUT2D eigenvalue weighted by Gasteiger charge is -2.10. The number of hydrogen-bond donors (Lipinski definition) is 2. The molecule has 0 atom stereocenters. The molecule has 0 aliphatic heterocycles. The van der Waals surface area contributed by atoms with Crippen molar-refractivity contribution in [3.63, 3.8) is 0 Å². The van der Waals surface area contributed by atoms with Crippen LogP contribution in [0.15, 0.2) is 29.4 Å². The number of rotatable bonds is 5.